The molecular weight excluding hydrogens is 282 g/mol. The molecule has 0 aliphatic carbocycles. The fourth-order valence-corrected chi connectivity index (χ4v) is 2.92. The van der Waals surface area contributed by atoms with Crippen molar-refractivity contribution in [3.63, 3.8) is 0 Å². The van der Waals surface area contributed by atoms with E-state index in [4.69, 9.17) is 0 Å². The van der Waals surface area contributed by atoms with Crippen LogP contribution in [0.15, 0.2) is 35.1 Å². The minimum atomic E-state index is 0.0640. The Hall–Kier alpha value is -2.01. The number of hydrogen-bond acceptors (Lipinski definition) is 1. The molecule has 1 aromatic carbocycles. The number of benzene rings is 1. The summed E-state index contributed by atoms with van der Waals surface area (Å²) in [5.41, 5.74) is 1.88. The molecule has 0 fully saturated rings. The first-order valence-corrected chi connectivity index (χ1v) is 8.89. The average Bonchev–Trinajstić information content (AvgIpc) is 2.57. The number of para-hydroxylation sites is 1. The van der Waals surface area contributed by atoms with E-state index in [1.165, 1.54) is 32.1 Å². The number of fused-ring (bicyclic) bond motifs is 1. The van der Waals surface area contributed by atoms with Crippen LogP contribution in [0.4, 0.5) is 0 Å². The molecule has 0 radical (unpaired) electrons. The Labute approximate surface area is 139 Å². The molecular formula is C21H27NO. The third kappa shape index (κ3) is 4.73. The van der Waals surface area contributed by atoms with Crippen LogP contribution in [-0.4, -0.2) is 4.57 Å². The topological polar surface area (TPSA) is 22.0 Å². The molecule has 0 aliphatic rings. The molecule has 2 rings (SSSR count). The van der Waals surface area contributed by atoms with Gasteiger partial charge in [-0.3, -0.25) is 4.79 Å². The normalized spacial score (nSPS) is 10.5. The van der Waals surface area contributed by atoms with Crippen molar-refractivity contribution in [1.82, 2.24) is 4.57 Å². The van der Waals surface area contributed by atoms with E-state index in [2.05, 4.69) is 30.3 Å². The number of hydrogen-bond donors (Lipinski definition) is 0. The predicted octanol–water partition coefficient (Wildman–Crippen LogP) is 5.12. The molecule has 0 aliphatic heterocycles. The maximum atomic E-state index is 12.2. The Morgan fingerprint density at radius 3 is 2.52 bits per heavy atom. The second-order valence-electron chi connectivity index (χ2n) is 5.97. The van der Waals surface area contributed by atoms with Gasteiger partial charge in [0.2, 0.25) is 0 Å². The van der Waals surface area contributed by atoms with Crippen molar-refractivity contribution < 1.29 is 0 Å². The third-order valence-corrected chi connectivity index (χ3v) is 4.21. The molecule has 23 heavy (non-hydrogen) atoms. The first-order valence-electron chi connectivity index (χ1n) is 8.89. The summed E-state index contributed by atoms with van der Waals surface area (Å²) >= 11 is 0. The van der Waals surface area contributed by atoms with Crippen molar-refractivity contribution in [2.24, 2.45) is 0 Å². The lowest BCUT2D eigenvalue weighted by Crippen LogP contribution is -2.11. The molecule has 0 atom stereocenters. The van der Waals surface area contributed by atoms with Gasteiger partial charge in [0.1, 0.15) is 0 Å². The zero-order valence-corrected chi connectivity index (χ0v) is 14.4. The summed E-state index contributed by atoms with van der Waals surface area (Å²) in [5, 5.41) is 0.774. The van der Waals surface area contributed by atoms with Crippen molar-refractivity contribution in [3.8, 4) is 11.8 Å². The fourth-order valence-electron chi connectivity index (χ4n) is 2.92. The molecule has 2 heteroatoms. The molecule has 1 heterocycles. The highest BCUT2D eigenvalue weighted by Gasteiger charge is 2.05. The molecule has 1 aromatic heterocycles. The predicted molar refractivity (Wildman–Crippen MR) is 98.8 cm³/mol. The molecule has 2 nitrogen and oxygen atoms in total. The highest BCUT2D eigenvalue weighted by molar-refractivity contribution is 5.79. The molecule has 0 N–H and O–H groups in total. The number of pyridine rings is 1. The van der Waals surface area contributed by atoms with Gasteiger partial charge < -0.3 is 4.57 Å². The minimum Gasteiger partial charge on any atom is -0.334 e. The van der Waals surface area contributed by atoms with E-state index in [0.29, 0.717) is 0 Å². The van der Waals surface area contributed by atoms with E-state index in [9.17, 15) is 4.79 Å². The maximum absolute atomic E-state index is 12.2. The second kappa shape index (κ2) is 9.20. The van der Waals surface area contributed by atoms with E-state index in [0.717, 1.165) is 36.0 Å². The fraction of sp³-hybridized carbons (Fsp3) is 0.476. The van der Waals surface area contributed by atoms with Crippen LogP contribution in [0.5, 0.6) is 0 Å². The van der Waals surface area contributed by atoms with E-state index in [-0.39, 0.29) is 5.43 Å². The van der Waals surface area contributed by atoms with E-state index < -0.39 is 0 Å². The van der Waals surface area contributed by atoms with Gasteiger partial charge in [-0.25, -0.2) is 0 Å². The van der Waals surface area contributed by atoms with Crippen LogP contribution < -0.4 is 5.43 Å². The average molecular weight is 309 g/mol. The number of nitrogens with zero attached hydrogens (tertiary/aromatic N) is 1. The van der Waals surface area contributed by atoms with Gasteiger partial charge in [0.05, 0.1) is 11.2 Å². The number of aryl methyl sites for hydroxylation is 1. The summed E-state index contributed by atoms with van der Waals surface area (Å²) in [4.78, 5) is 12.2. The standard InChI is InChI=1S/C21H27NO/c1-3-5-6-7-8-9-10-11-14-18-17-21(23)19-15-12-13-16-20(19)22(18)4-2/h12-13,15-17H,3-10H2,1-2H3. The molecule has 2 aromatic rings. The van der Waals surface area contributed by atoms with Crippen LogP contribution in [0.1, 0.15) is 64.5 Å². The lowest BCUT2D eigenvalue weighted by molar-refractivity contribution is 0.614. The Balaban J connectivity index is 2.06. The van der Waals surface area contributed by atoms with E-state index >= 15 is 0 Å². The molecule has 0 spiro atoms. The van der Waals surface area contributed by atoms with Crippen molar-refractivity contribution in [3.05, 3.63) is 46.2 Å². The third-order valence-electron chi connectivity index (χ3n) is 4.21. The number of aromatic nitrogens is 1. The Bertz CT molecular complexity index is 746. The molecule has 0 saturated carbocycles. The number of rotatable bonds is 7. The molecule has 122 valence electrons. The van der Waals surface area contributed by atoms with Gasteiger partial charge in [0.25, 0.3) is 0 Å². The van der Waals surface area contributed by atoms with Gasteiger partial charge in [-0.1, -0.05) is 57.1 Å². The largest absolute Gasteiger partial charge is 0.334 e. The van der Waals surface area contributed by atoms with Crippen molar-refractivity contribution in [1.29, 1.82) is 0 Å². The molecule has 0 unspecified atom stereocenters. The summed E-state index contributed by atoms with van der Waals surface area (Å²) in [6.45, 7) is 5.15. The summed E-state index contributed by atoms with van der Waals surface area (Å²) in [5.74, 6) is 6.46. The summed E-state index contributed by atoms with van der Waals surface area (Å²) in [7, 11) is 0. The van der Waals surface area contributed by atoms with E-state index in [1.807, 2.05) is 24.3 Å². The van der Waals surface area contributed by atoms with Gasteiger partial charge in [-0.05, 0) is 31.4 Å². The van der Waals surface area contributed by atoms with Crippen molar-refractivity contribution >= 4 is 10.9 Å². The van der Waals surface area contributed by atoms with Gasteiger partial charge in [0, 0.05) is 24.4 Å². The Morgan fingerprint density at radius 2 is 1.74 bits per heavy atom. The van der Waals surface area contributed by atoms with E-state index in [1.54, 1.807) is 6.07 Å². The van der Waals surface area contributed by atoms with Gasteiger partial charge in [-0.2, -0.15) is 0 Å². The highest BCUT2D eigenvalue weighted by Crippen LogP contribution is 2.12. The van der Waals surface area contributed by atoms with Crippen molar-refractivity contribution in [2.45, 2.75) is 65.3 Å². The molecule has 0 bridgehead atoms. The summed E-state index contributed by atoms with van der Waals surface area (Å²) in [6.07, 6.45) is 8.60. The quantitative estimate of drug-likeness (QED) is 0.514. The van der Waals surface area contributed by atoms with Crippen LogP contribution in [0.3, 0.4) is 0 Å². The zero-order chi connectivity index (χ0) is 16.5. The van der Waals surface area contributed by atoms with Gasteiger partial charge >= 0.3 is 0 Å². The zero-order valence-electron chi connectivity index (χ0n) is 14.4. The lowest BCUT2D eigenvalue weighted by atomic mass is 10.1. The highest BCUT2D eigenvalue weighted by atomic mass is 16.1. The lowest BCUT2D eigenvalue weighted by Gasteiger charge is -2.11. The monoisotopic (exact) mass is 309 g/mol. The minimum absolute atomic E-state index is 0.0640. The Morgan fingerprint density at radius 1 is 1.00 bits per heavy atom. The first kappa shape index (κ1) is 17.3. The first-order chi connectivity index (χ1) is 11.3. The van der Waals surface area contributed by atoms with Crippen LogP contribution in [0, 0.1) is 11.8 Å². The van der Waals surface area contributed by atoms with Crippen molar-refractivity contribution in [2.75, 3.05) is 0 Å². The van der Waals surface area contributed by atoms with Crippen LogP contribution >= 0.6 is 0 Å². The maximum Gasteiger partial charge on any atom is 0.190 e. The second-order valence-corrected chi connectivity index (χ2v) is 5.97. The SMILES string of the molecule is CCCCCCCCC#Cc1cc(=O)c2ccccc2n1CC. The van der Waals surface area contributed by atoms with Gasteiger partial charge in [-0.15, -0.1) is 0 Å². The number of unbranched alkanes of at least 4 members (excludes halogenated alkanes) is 6. The van der Waals surface area contributed by atoms with Crippen LogP contribution in [-0.2, 0) is 6.54 Å². The summed E-state index contributed by atoms with van der Waals surface area (Å²) in [6, 6.07) is 9.45. The molecule has 0 amide bonds. The summed E-state index contributed by atoms with van der Waals surface area (Å²) < 4.78 is 2.13. The van der Waals surface area contributed by atoms with Gasteiger partial charge in [0.15, 0.2) is 5.43 Å². The van der Waals surface area contributed by atoms with Crippen LogP contribution in [0.2, 0.25) is 0 Å². The van der Waals surface area contributed by atoms with Crippen LogP contribution in [0.25, 0.3) is 10.9 Å². The molecule has 0 saturated heterocycles. The Kier molecular flexibility index (Phi) is 6.94. The smallest absolute Gasteiger partial charge is 0.190 e.